The van der Waals surface area contributed by atoms with Gasteiger partial charge in [0.25, 0.3) is 0 Å². The molecule has 1 fully saturated rings. The molecule has 3 heterocycles. The first kappa shape index (κ1) is 25.3. The van der Waals surface area contributed by atoms with Crippen molar-refractivity contribution in [3.05, 3.63) is 41.4 Å². The number of nitrogens with zero attached hydrogens (tertiary/aromatic N) is 4. The van der Waals surface area contributed by atoms with Gasteiger partial charge in [0.1, 0.15) is 17.6 Å². The summed E-state index contributed by atoms with van der Waals surface area (Å²) in [5.74, 6) is 1.88. The molecule has 0 N–H and O–H groups in total. The minimum absolute atomic E-state index is 0.0125. The molecule has 198 valence electrons. The molecule has 9 nitrogen and oxygen atoms in total. The third-order valence-electron chi connectivity index (χ3n) is 6.07. The van der Waals surface area contributed by atoms with Crippen molar-refractivity contribution < 1.29 is 32.3 Å². The first-order valence-corrected chi connectivity index (χ1v) is 12.5. The number of hydrogen-bond acceptors (Lipinski definition) is 8. The molecular formula is C26H30F2N4O5. The number of alkyl halides is 2. The maximum atomic E-state index is 13.6. The van der Waals surface area contributed by atoms with Crippen LogP contribution < -0.4 is 9.47 Å². The van der Waals surface area contributed by atoms with Crippen LogP contribution in [-0.4, -0.2) is 38.1 Å². The molecule has 0 bridgehead atoms. The van der Waals surface area contributed by atoms with Crippen molar-refractivity contribution in [3.8, 4) is 23.0 Å². The second-order valence-corrected chi connectivity index (χ2v) is 10.3. The second-order valence-electron chi connectivity index (χ2n) is 10.3. The van der Waals surface area contributed by atoms with Gasteiger partial charge in [-0.25, -0.2) is 0 Å². The first-order valence-electron chi connectivity index (χ1n) is 12.5. The number of carbonyl (C=O) groups excluding carboxylic acids is 1. The molecule has 3 aromatic rings. The van der Waals surface area contributed by atoms with Gasteiger partial charge in [0, 0.05) is 36.9 Å². The number of aromatic nitrogens is 4. The predicted molar refractivity (Wildman–Crippen MR) is 127 cm³/mol. The Hall–Kier alpha value is -3.34. The molecule has 1 aliphatic carbocycles. The molecule has 0 radical (unpaired) electrons. The standard InChI is InChI=1S/C26H30F2N4O5/c1-14(2)10-19-13-20(31-37-19)24-29-30-25(32(24)17-8-9-17)22(34-15(3)4)12-18(33)11-16-6-5-7-21-23(16)36-26(27,28)35-21/h5-7,13-15,17,22H,8-12H2,1-4H3/t22-/m0/s1. The van der Waals surface area contributed by atoms with Crippen molar-refractivity contribution in [1.29, 1.82) is 0 Å². The fraction of sp³-hybridized carbons (Fsp3) is 0.538. The minimum atomic E-state index is -3.75. The van der Waals surface area contributed by atoms with Crippen LogP contribution in [0.4, 0.5) is 8.78 Å². The predicted octanol–water partition coefficient (Wildman–Crippen LogP) is 5.46. The van der Waals surface area contributed by atoms with Gasteiger partial charge in [-0.05, 0) is 38.7 Å². The van der Waals surface area contributed by atoms with Crippen molar-refractivity contribution in [2.75, 3.05) is 0 Å². The third-order valence-corrected chi connectivity index (χ3v) is 6.07. The summed E-state index contributed by atoms with van der Waals surface area (Å²) < 4.78 is 49.9. The number of rotatable bonds is 11. The lowest BCUT2D eigenvalue weighted by Gasteiger charge is -2.20. The summed E-state index contributed by atoms with van der Waals surface area (Å²) in [5, 5.41) is 13.0. The highest BCUT2D eigenvalue weighted by Gasteiger charge is 2.44. The molecule has 1 atom stereocenters. The number of fused-ring (bicyclic) bond motifs is 1. The smallest absolute Gasteiger partial charge is 0.395 e. The van der Waals surface area contributed by atoms with Gasteiger partial charge in [0.05, 0.1) is 6.10 Å². The summed E-state index contributed by atoms with van der Waals surface area (Å²) in [6.45, 7) is 7.96. The third kappa shape index (κ3) is 5.66. The van der Waals surface area contributed by atoms with Gasteiger partial charge in [-0.15, -0.1) is 19.0 Å². The molecule has 1 saturated carbocycles. The summed E-state index contributed by atoms with van der Waals surface area (Å²) in [7, 11) is 0. The molecule has 1 aromatic carbocycles. The Labute approximate surface area is 213 Å². The zero-order valence-electron chi connectivity index (χ0n) is 21.2. The quantitative estimate of drug-likeness (QED) is 0.331. The zero-order chi connectivity index (χ0) is 26.3. The molecule has 2 aliphatic rings. The van der Waals surface area contributed by atoms with Crippen molar-refractivity contribution >= 4 is 5.78 Å². The summed E-state index contributed by atoms with van der Waals surface area (Å²) in [5.41, 5.74) is 0.918. The van der Waals surface area contributed by atoms with Crippen molar-refractivity contribution in [2.24, 2.45) is 5.92 Å². The van der Waals surface area contributed by atoms with Crippen LogP contribution in [0.5, 0.6) is 11.5 Å². The van der Waals surface area contributed by atoms with E-state index in [1.54, 1.807) is 12.1 Å². The Morgan fingerprint density at radius 2 is 1.97 bits per heavy atom. The molecule has 0 amide bonds. The van der Waals surface area contributed by atoms with Crippen molar-refractivity contribution in [1.82, 2.24) is 19.9 Å². The van der Waals surface area contributed by atoms with E-state index in [2.05, 4.69) is 38.7 Å². The molecule has 5 rings (SSSR count). The van der Waals surface area contributed by atoms with E-state index >= 15 is 0 Å². The number of carbonyl (C=O) groups is 1. The molecule has 0 saturated heterocycles. The van der Waals surface area contributed by atoms with Crippen LogP contribution in [0.2, 0.25) is 0 Å². The Morgan fingerprint density at radius 3 is 2.68 bits per heavy atom. The van der Waals surface area contributed by atoms with Crippen LogP contribution in [0.1, 0.15) is 76.3 Å². The van der Waals surface area contributed by atoms with Gasteiger partial charge in [-0.1, -0.05) is 31.1 Å². The van der Waals surface area contributed by atoms with E-state index in [0.717, 1.165) is 25.0 Å². The second kappa shape index (κ2) is 9.85. The van der Waals surface area contributed by atoms with Gasteiger partial charge in [-0.3, -0.25) is 4.79 Å². The van der Waals surface area contributed by atoms with Crippen LogP contribution in [0, 0.1) is 5.92 Å². The Bertz CT molecular complexity index is 1280. The minimum Gasteiger partial charge on any atom is -0.395 e. The summed E-state index contributed by atoms with van der Waals surface area (Å²) in [4.78, 5) is 13.2. The fourth-order valence-corrected chi connectivity index (χ4v) is 4.49. The molecular weight excluding hydrogens is 486 g/mol. The number of halogens is 2. The Kier molecular flexibility index (Phi) is 6.74. The molecule has 0 spiro atoms. The Morgan fingerprint density at radius 1 is 1.19 bits per heavy atom. The fourth-order valence-electron chi connectivity index (χ4n) is 4.49. The van der Waals surface area contributed by atoms with E-state index < -0.39 is 12.4 Å². The van der Waals surface area contributed by atoms with E-state index in [4.69, 9.17) is 9.26 Å². The van der Waals surface area contributed by atoms with Crippen LogP contribution in [0.3, 0.4) is 0 Å². The average Bonchev–Trinajstić information content (AvgIpc) is 3.21. The van der Waals surface area contributed by atoms with Gasteiger partial charge >= 0.3 is 6.29 Å². The largest absolute Gasteiger partial charge is 0.586 e. The normalized spacial score (nSPS) is 17.1. The van der Waals surface area contributed by atoms with Crippen LogP contribution in [-0.2, 0) is 22.4 Å². The SMILES string of the molecule is CC(C)Cc1cc(-c2nnc([C@H](CC(=O)Cc3cccc4c3OC(F)(F)O4)OC(C)C)n2C2CC2)no1. The van der Waals surface area contributed by atoms with Gasteiger partial charge in [-0.2, -0.15) is 0 Å². The molecule has 1 aliphatic heterocycles. The van der Waals surface area contributed by atoms with Crippen LogP contribution in [0.25, 0.3) is 11.5 Å². The lowest BCUT2D eigenvalue weighted by Crippen LogP contribution is -2.26. The molecule has 2 aromatic heterocycles. The molecule has 11 heteroatoms. The number of ether oxygens (including phenoxy) is 3. The Balaban J connectivity index is 1.39. The summed E-state index contributed by atoms with van der Waals surface area (Å²) in [6.07, 6.45) is -2.07. The van der Waals surface area contributed by atoms with Crippen LogP contribution >= 0.6 is 0 Å². The van der Waals surface area contributed by atoms with E-state index in [1.807, 2.05) is 24.5 Å². The maximum Gasteiger partial charge on any atom is 0.586 e. The van der Waals surface area contributed by atoms with Gasteiger partial charge < -0.3 is 23.3 Å². The highest BCUT2D eigenvalue weighted by atomic mass is 19.3. The number of hydrogen-bond donors (Lipinski definition) is 0. The molecule has 0 unspecified atom stereocenters. The number of benzene rings is 1. The summed E-state index contributed by atoms with van der Waals surface area (Å²) >= 11 is 0. The summed E-state index contributed by atoms with van der Waals surface area (Å²) in [6, 6.07) is 6.57. The van der Waals surface area contributed by atoms with Gasteiger partial charge in [0.15, 0.2) is 28.8 Å². The first-order chi connectivity index (χ1) is 17.6. The van der Waals surface area contributed by atoms with E-state index in [-0.39, 0.29) is 42.3 Å². The highest BCUT2D eigenvalue weighted by molar-refractivity contribution is 5.82. The topological polar surface area (TPSA) is 102 Å². The molecule has 37 heavy (non-hydrogen) atoms. The number of para-hydroxylation sites is 1. The van der Waals surface area contributed by atoms with E-state index in [0.29, 0.717) is 28.8 Å². The maximum absolute atomic E-state index is 13.6. The lowest BCUT2D eigenvalue weighted by molar-refractivity contribution is -0.287. The number of ketones is 1. The van der Waals surface area contributed by atoms with Gasteiger partial charge in [0.2, 0.25) is 0 Å². The monoisotopic (exact) mass is 516 g/mol. The van der Waals surface area contributed by atoms with E-state index in [9.17, 15) is 13.6 Å². The van der Waals surface area contributed by atoms with Crippen molar-refractivity contribution in [3.63, 3.8) is 0 Å². The average molecular weight is 517 g/mol. The van der Waals surface area contributed by atoms with Crippen molar-refractivity contribution in [2.45, 2.75) is 84.3 Å². The number of Topliss-reactive ketones (excluding diaryl/α,β-unsaturated/α-hetero) is 1. The van der Waals surface area contributed by atoms with E-state index in [1.165, 1.54) is 6.07 Å². The zero-order valence-corrected chi connectivity index (χ0v) is 21.2. The van der Waals surface area contributed by atoms with Crippen LogP contribution in [0.15, 0.2) is 28.8 Å². The lowest BCUT2D eigenvalue weighted by atomic mass is 10.0. The highest BCUT2D eigenvalue weighted by Crippen LogP contribution is 2.44.